The van der Waals surface area contributed by atoms with E-state index in [1.165, 1.54) is 11.3 Å². The van der Waals surface area contributed by atoms with Crippen molar-refractivity contribution in [3.8, 4) is 0 Å². The highest BCUT2D eigenvalue weighted by Crippen LogP contribution is 2.16. The fraction of sp³-hybridized carbons (Fsp3) is 0.625. The maximum atomic E-state index is 11.7. The first kappa shape index (κ1) is 12.4. The molecule has 0 amide bonds. The SMILES string of the molecule is Cc1nc(CNOCC(F)(F)F)sc1C. The van der Waals surface area contributed by atoms with Gasteiger partial charge in [-0.2, -0.15) is 18.7 Å². The average molecular weight is 240 g/mol. The van der Waals surface area contributed by atoms with Gasteiger partial charge in [0.1, 0.15) is 5.01 Å². The Morgan fingerprint density at radius 2 is 2.07 bits per heavy atom. The van der Waals surface area contributed by atoms with Gasteiger partial charge in [0.05, 0.1) is 12.2 Å². The standard InChI is InChI=1S/C8H11F3N2OS/c1-5-6(2)15-7(13-5)3-12-14-4-8(9,10)11/h12H,3-4H2,1-2H3. The number of hydrogen-bond acceptors (Lipinski definition) is 4. The molecule has 1 N–H and O–H groups in total. The number of halogens is 3. The van der Waals surface area contributed by atoms with Crippen molar-refractivity contribution in [1.29, 1.82) is 0 Å². The lowest BCUT2D eigenvalue weighted by Gasteiger charge is -2.06. The largest absolute Gasteiger partial charge is 0.413 e. The van der Waals surface area contributed by atoms with E-state index in [9.17, 15) is 13.2 Å². The normalized spacial score (nSPS) is 12.1. The molecular weight excluding hydrogens is 229 g/mol. The smallest absolute Gasteiger partial charge is 0.292 e. The molecule has 0 radical (unpaired) electrons. The molecule has 0 aliphatic carbocycles. The summed E-state index contributed by atoms with van der Waals surface area (Å²) in [5.41, 5.74) is 3.12. The topological polar surface area (TPSA) is 34.2 Å². The van der Waals surface area contributed by atoms with Crippen LogP contribution >= 0.6 is 11.3 Å². The fourth-order valence-corrected chi connectivity index (χ4v) is 1.72. The van der Waals surface area contributed by atoms with Gasteiger partial charge in [0.2, 0.25) is 0 Å². The van der Waals surface area contributed by atoms with Gasteiger partial charge in [0.15, 0.2) is 6.61 Å². The van der Waals surface area contributed by atoms with Crippen molar-refractivity contribution >= 4 is 11.3 Å². The van der Waals surface area contributed by atoms with E-state index in [2.05, 4.69) is 15.3 Å². The van der Waals surface area contributed by atoms with Crippen molar-refractivity contribution in [2.75, 3.05) is 6.61 Å². The number of aryl methyl sites for hydroxylation is 2. The van der Waals surface area contributed by atoms with Gasteiger partial charge in [0.25, 0.3) is 0 Å². The summed E-state index contributed by atoms with van der Waals surface area (Å²) in [7, 11) is 0. The Morgan fingerprint density at radius 3 is 2.53 bits per heavy atom. The van der Waals surface area contributed by atoms with Gasteiger partial charge in [-0.05, 0) is 13.8 Å². The van der Waals surface area contributed by atoms with E-state index in [0.717, 1.165) is 10.6 Å². The number of nitrogens with zero attached hydrogens (tertiary/aromatic N) is 1. The van der Waals surface area contributed by atoms with E-state index < -0.39 is 12.8 Å². The van der Waals surface area contributed by atoms with Crippen LogP contribution in [0.2, 0.25) is 0 Å². The number of nitrogens with one attached hydrogen (secondary N) is 1. The second-order valence-electron chi connectivity index (χ2n) is 2.97. The van der Waals surface area contributed by atoms with Gasteiger partial charge in [-0.25, -0.2) is 4.98 Å². The van der Waals surface area contributed by atoms with Crippen LogP contribution in [0.15, 0.2) is 0 Å². The lowest BCUT2D eigenvalue weighted by molar-refractivity contribution is -0.190. The summed E-state index contributed by atoms with van der Waals surface area (Å²) >= 11 is 1.44. The minimum Gasteiger partial charge on any atom is -0.292 e. The van der Waals surface area contributed by atoms with Gasteiger partial charge in [-0.15, -0.1) is 11.3 Å². The number of aromatic nitrogens is 1. The molecule has 0 aromatic carbocycles. The monoisotopic (exact) mass is 240 g/mol. The second-order valence-corrected chi connectivity index (χ2v) is 4.26. The summed E-state index contributed by atoms with van der Waals surface area (Å²) in [6.45, 7) is 2.66. The minimum absolute atomic E-state index is 0.190. The van der Waals surface area contributed by atoms with E-state index in [0.29, 0.717) is 5.01 Å². The van der Waals surface area contributed by atoms with Crippen LogP contribution < -0.4 is 5.48 Å². The molecule has 0 spiro atoms. The van der Waals surface area contributed by atoms with Crippen molar-refractivity contribution in [2.45, 2.75) is 26.6 Å². The molecule has 1 aromatic heterocycles. The Bertz CT molecular complexity index is 305. The third-order valence-electron chi connectivity index (χ3n) is 1.63. The molecule has 0 fully saturated rings. The summed E-state index contributed by atoms with van der Waals surface area (Å²) in [6, 6.07) is 0. The van der Waals surface area contributed by atoms with Gasteiger partial charge < -0.3 is 0 Å². The maximum Gasteiger partial charge on any atom is 0.413 e. The van der Waals surface area contributed by atoms with Crippen LogP contribution in [0.3, 0.4) is 0 Å². The molecule has 1 heterocycles. The van der Waals surface area contributed by atoms with Crippen molar-refractivity contribution in [2.24, 2.45) is 0 Å². The Morgan fingerprint density at radius 1 is 1.40 bits per heavy atom. The first-order chi connectivity index (χ1) is 6.88. The Kier molecular flexibility index (Phi) is 4.06. The number of thiazole rings is 1. The predicted octanol–water partition coefficient (Wildman–Crippen LogP) is 2.34. The lowest BCUT2D eigenvalue weighted by Crippen LogP contribution is -2.24. The van der Waals surface area contributed by atoms with Crippen LogP contribution in [0, 0.1) is 13.8 Å². The number of hydrogen-bond donors (Lipinski definition) is 1. The van der Waals surface area contributed by atoms with Gasteiger partial charge in [-0.3, -0.25) is 4.84 Å². The highest BCUT2D eigenvalue weighted by atomic mass is 32.1. The lowest BCUT2D eigenvalue weighted by atomic mass is 10.4. The number of hydroxylamine groups is 1. The van der Waals surface area contributed by atoms with Crippen LogP contribution in [0.4, 0.5) is 13.2 Å². The van der Waals surface area contributed by atoms with Gasteiger partial charge >= 0.3 is 6.18 Å². The fourth-order valence-electron chi connectivity index (χ4n) is 0.860. The summed E-state index contributed by atoms with van der Waals surface area (Å²) in [4.78, 5) is 9.44. The molecule has 1 rings (SSSR count). The van der Waals surface area contributed by atoms with Crippen LogP contribution in [0.25, 0.3) is 0 Å². The molecule has 7 heteroatoms. The molecule has 0 unspecified atom stereocenters. The molecule has 86 valence electrons. The average Bonchev–Trinajstić information content (AvgIpc) is 2.39. The molecule has 0 bridgehead atoms. The van der Waals surface area contributed by atoms with E-state index in [1.807, 2.05) is 13.8 Å². The first-order valence-electron chi connectivity index (χ1n) is 4.23. The third-order valence-corrected chi connectivity index (χ3v) is 2.71. The molecule has 0 saturated heterocycles. The second kappa shape index (κ2) is 4.91. The van der Waals surface area contributed by atoms with Crippen LogP contribution in [-0.2, 0) is 11.4 Å². The minimum atomic E-state index is -4.30. The Hall–Kier alpha value is -0.660. The van der Waals surface area contributed by atoms with Gasteiger partial charge in [0, 0.05) is 4.88 Å². The molecule has 15 heavy (non-hydrogen) atoms. The summed E-state index contributed by atoms with van der Waals surface area (Å²) in [6.07, 6.45) is -4.30. The zero-order chi connectivity index (χ0) is 11.5. The molecule has 0 aliphatic rings. The zero-order valence-corrected chi connectivity index (χ0v) is 9.13. The molecule has 0 atom stereocenters. The number of rotatable bonds is 4. The Labute approximate surface area is 89.2 Å². The van der Waals surface area contributed by atoms with Crippen molar-refractivity contribution in [1.82, 2.24) is 10.5 Å². The summed E-state index contributed by atoms with van der Waals surface area (Å²) in [5, 5.41) is 0.715. The van der Waals surface area contributed by atoms with Crippen LogP contribution in [0.1, 0.15) is 15.6 Å². The van der Waals surface area contributed by atoms with E-state index >= 15 is 0 Å². The highest BCUT2D eigenvalue weighted by Gasteiger charge is 2.27. The maximum absolute atomic E-state index is 11.7. The summed E-state index contributed by atoms with van der Waals surface area (Å²) < 4.78 is 35.0. The quantitative estimate of drug-likeness (QED) is 0.648. The van der Waals surface area contributed by atoms with E-state index in [1.54, 1.807) is 0 Å². The van der Waals surface area contributed by atoms with Crippen molar-refractivity contribution < 1.29 is 18.0 Å². The zero-order valence-electron chi connectivity index (χ0n) is 8.31. The van der Waals surface area contributed by atoms with Gasteiger partial charge in [-0.1, -0.05) is 0 Å². The van der Waals surface area contributed by atoms with Crippen molar-refractivity contribution in [3.63, 3.8) is 0 Å². The molecule has 1 aromatic rings. The van der Waals surface area contributed by atoms with E-state index in [4.69, 9.17) is 0 Å². The highest BCUT2D eigenvalue weighted by molar-refractivity contribution is 7.11. The van der Waals surface area contributed by atoms with Crippen LogP contribution in [0.5, 0.6) is 0 Å². The predicted molar refractivity (Wildman–Crippen MR) is 50.4 cm³/mol. The molecule has 0 saturated carbocycles. The van der Waals surface area contributed by atoms with Crippen LogP contribution in [-0.4, -0.2) is 17.8 Å². The molecule has 0 aliphatic heterocycles. The number of alkyl halides is 3. The van der Waals surface area contributed by atoms with Crippen molar-refractivity contribution in [3.05, 3.63) is 15.6 Å². The first-order valence-corrected chi connectivity index (χ1v) is 5.04. The summed E-state index contributed by atoms with van der Waals surface area (Å²) in [5.74, 6) is 0. The third kappa shape index (κ3) is 4.59. The Balaban J connectivity index is 2.26. The molecule has 3 nitrogen and oxygen atoms in total. The van der Waals surface area contributed by atoms with E-state index in [-0.39, 0.29) is 6.54 Å². The molecular formula is C8H11F3N2OS.